The summed E-state index contributed by atoms with van der Waals surface area (Å²) >= 11 is 5.88. The number of benzene rings is 2. The summed E-state index contributed by atoms with van der Waals surface area (Å²) in [6, 6.07) is 13.6. The van der Waals surface area contributed by atoms with E-state index in [0.717, 1.165) is 27.5 Å². The zero-order valence-electron chi connectivity index (χ0n) is 12.2. The predicted octanol–water partition coefficient (Wildman–Crippen LogP) is 4.61. The molecule has 0 radical (unpaired) electrons. The smallest absolute Gasteiger partial charge is 0.224 e. The van der Waals surface area contributed by atoms with E-state index in [2.05, 4.69) is 10.6 Å². The second-order valence-electron chi connectivity index (χ2n) is 4.91. The Kier molecular flexibility index (Phi) is 5.23. The van der Waals surface area contributed by atoms with Crippen molar-refractivity contribution in [3.63, 3.8) is 0 Å². The van der Waals surface area contributed by atoms with E-state index in [1.807, 2.05) is 56.3 Å². The van der Waals surface area contributed by atoms with Crippen molar-refractivity contribution in [3.05, 3.63) is 58.6 Å². The van der Waals surface area contributed by atoms with Crippen LogP contribution in [0.5, 0.6) is 0 Å². The van der Waals surface area contributed by atoms with Crippen molar-refractivity contribution in [2.24, 2.45) is 0 Å². The first-order valence-corrected chi connectivity index (χ1v) is 7.35. The Hall–Kier alpha value is -2.00. The minimum absolute atomic E-state index is 0.0162. The van der Waals surface area contributed by atoms with Crippen LogP contribution in [0.15, 0.2) is 42.5 Å². The normalized spacial score (nSPS) is 10.2. The first-order valence-electron chi connectivity index (χ1n) is 6.97. The topological polar surface area (TPSA) is 41.1 Å². The van der Waals surface area contributed by atoms with E-state index in [4.69, 9.17) is 11.6 Å². The van der Waals surface area contributed by atoms with Gasteiger partial charge in [0.1, 0.15) is 0 Å². The molecule has 3 nitrogen and oxygen atoms in total. The van der Waals surface area contributed by atoms with Crippen molar-refractivity contribution in [1.29, 1.82) is 0 Å². The molecule has 0 aliphatic carbocycles. The number of rotatable bonds is 5. The van der Waals surface area contributed by atoms with Crippen LogP contribution in [0.2, 0.25) is 5.02 Å². The highest BCUT2D eigenvalue weighted by Gasteiger charge is 2.03. The molecule has 21 heavy (non-hydrogen) atoms. The van der Waals surface area contributed by atoms with Gasteiger partial charge in [0, 0.05) is 29.4 Å². The van der Waals surface area contributed by atoms with Gasteiger partial charge in [0.25, 0.3) is 0 Å². The van der Waals surface area contributed by atoms with E-state index in [1.54, 1.807) is 0 Å². The highest BCUT2D eigenvalue weighted by Crippen LogP contribution is 2.21. The number of carbonyl (C=O) groups is 1. The maximum Gasteiger partial charge on any atom is 0.224 e. The quantitative estimate of drug-likeness (QED) is 0.847. The lowest BCUT2D eigenvalue weighted by Crippen LogP contribution is -2.10. The van der Waals surface area contributed by atoms with Crippen LogP contribution in [0.4, 0.5) is 11.4 Å². The molecule has 2 N–H and O–H groups in total. The number of halogens is 1. The van der Waals surface area contributed by atoms with Crippen molar-refractivity contribution < 1.29 is 4.79 Å². The molecule has 0 heterocycles. The van der Waals surface area contributed by atoms with Gasteiger partial charge >= 0.3 is 0 Å². The van der Waals surface area contributed by atoms with Gasteiger partial charge in [0.05, 0.1) is 0 Å². The van der Waals surface area contributed by atoms with Gasteiger partial charge in [0.2, 0.25) is 5.91 Å². The Morgan fingerprint density at radius 1 is 1.14 bits per heavy atom. The van der Waals surface area contributed by atoms with Crippen molar-refractivity contribution in [3.8, 4) is 0 Å². The monoisotopic (exact) mass is 302 g/mol. The molecule has 0 bridgehead atoms. The maximum atomic E-state index is 11.4. The molecule has 0 spiro atoms. The Labute approximate surface area is 130 Å². The molecular formula is C17H19ClN2O. The summed E-state index contributed by atoms with van der Waals surface area (Å²) in [6.45, 7) is 4.59. The van der Waals surface area contributed by atoms with E-state index >= 15 is 0 Å². The van der Waals surface area contributed by atoms with Crippen LogP contribution in [0.25, 0.3) is 0 Å². The van der Waals surface area contributed by atoms with Gasteiger partial charge in [-0.1, -0.05) is 36.7 Å². The largest absolute Gasteiger partial charge is 0.381 e. The van der Waals surface area contributed by atoms with E-state index in [9.17, 15) is 4.79 Å². The lowest BCUT2D eigenvalue weighted by molar-refractivity contribution is -0.115. The fourth-order valence-electron chi connectivity index (χ4n) is 1.94. The standard InChI is InChI=1S/C17H19ClN2O/c1-3-17(21)20-15-9-4-12(2)16(10-15)19-11-13-5-7-14(18)8-6-13/h4-10,19H,3,11H2,1-2H3,(H,20,21). The Balaban J connectivity index is 2.06. The molecule has 1 amide bonds. The predicted molar refractivity (Wildman–Crippen MR) is 88.9 cm³/mol. The van der Waals surface area contributed by atoms with Gasteiger partial charge in [-0.3, -0.25) is 4.79 Å². The summed E-state index contributed by atoms with van der Waals surface area (Å²) in [5.41, 5.74) is 4.12. The van der Waals surface area contributed by atoms with Crippen molar-refractivity contribution in [2.45, 2.75) is 26.8 Å². The number of hydrogen-bond acceptors (Lipinski definition) is 2. The Morgan fingerprint density at radius 3 is 2.52 bits per heavy atom. The Bertz CT molecular complexity index is 623. The molecule has 2 aromatic carbocycles. The fourth-order valence-corrected chi connectivity index (χ4v) is 2.07. The molecule has 0 fully saturated rings. The first-order chi connectivity index (χ1) is 10.1. The molecule has 0 saturated carbocycles. The summed E-state index contributed by atoms with van der Waals surface area (Å²) in [7, 11) is 0. The van der Waals surface area contributed by atoms with E-state index in [-0.39, 0.29) is 5.91 Å². The van der Waals surface area contributed by atoms with Crippen LogP contribution in [0, 0.1) is 6.92 Å². The van der Waals surface area contributed by atoms with Gasteiger partial charge in [-0.25, -0.2) is 0 Å². The number of nitrogens with one attached hydrogen (secondary N) is 2. The van der Waals surface area contributed by atoms with Gasteiger partial charge in [-0.2, -0.15) is 0 Å². The highest BCUT2D eigenvalue weighted by atomic mass is 35.5. The Morgan fingerprint density at radius 2 is 1.86 bits per heavy atom. The zero-order chi connectivity index (χ0) is 15.2. The van der Waals surface area contributed by atoms with Crippen molar-refractivity contribution in [1.82, 2.24) is 0 Å². The van der Waals surface area contributed by atoms with Crippen molar-refractivity contribution >= 4 is 28.9 Å². The number of hydrogen-bond donors (Lipinski definition) is 2. The molecule has 0 saturated heterocycles. The fraction of sp³-hybridized carbons (Fsp3) is 0.235. The second-order valence-corrected chi connectivity index (χ2v) is 5.35. The highest BCUT2D eigenvalue weighted by molar-refractivity contribution is 6.30. The molecular weight excluding hydrogens is 284 g/mol. The summed E-state index contributed by atoms with van der Waals surface area (Å²) in [6.07, 6.45) is 0.474. The van der Waals surface area contributed by atoms with Gasteiger partial charge < -0.3 is 10.6 Å². The van der Waals surface area contributed by atoms with E-state index < -0.39 is 0 Å². The van der Waals surface area contributed by atoms with E-state index in [0.29, 0.717) is 13.0 Å². The average Bonchev–Trinajstić information content (AvgIpc) is 2.49. The summed E-state index contributed by atoms with van der Waals surface area (Å²) in [4.78, 5) is 11.4. The maximum absolute atomic E-state index is 11.4. The zero-order valence-corrected chi connectivity index (χ0v) is 13.0. The second kappa shape index (κ2) is 7.14. The summed E-state index contributed by atoms with van der Waals surface area (Å²) < 4.78 is 0. The molecule has 2 rings (SSSR count). The number of carbonyl (C=O) groups excluding carboxylic acids is 1. The van der Waals surface area contributed by atoms with Crippen LogP contribution in [0.1, 0.15) is 24.5 Å². The third-order valence-electron chi connectivity index (χ3n) is 3.24. The van der Waals surface area contributed by atoms with Crippen LogP contribution >= 0.6 is 11.6 Å². The van der Waals surface area contributed by atoms with Crippen LogP contribution in [0.3, 0.4) is 0 Å². The molecule has 0 unspecified atom stereocenters. The number of amides is 1. The molecule has 0 aliphatic rings. The van der Waals surface area contributed by atoms with Gasteiger partial charge in [-0.15, -0.1) is 0 Å². The summed E-state index contributed by atoms with van der Waals surface area (Å²) in [5, 5.41) is 6.99. The lowest BCUT2D eigenvalue weighted by Gasteiger charge is -2.12. The number of aryl methyl sites for hydroxylation is 1. The van der Waals surface area contributed by atoms with Gasteiger partial charge in [0.15, 0.2) is 0 Å². The minimum Gasteiger partial charge on any atom is -0.381 e. The summed E-state index contributed by atoms with van der Waals surface area (Å²) in [5.74, 6) is 0.0162. The van der Waals surface area contributed by atoms with Crippen LogP contribution in [-0.4, -0.2) is 5.91 Å². The van der Waals surface area contributed by atoms with Crippen molar-refractivity contribution in [2.75, 3.05) is 10.6 Å². The molecule has 4 heteroatoms. The first kappa shape index (κ1) is 15.4. The molecule has 0 atom stereocenters. The average molecular weight is 303 g/mol. The third-order valence-corrected chi connectivity index (χ3v) is 3.49. The van der Waals surface area contributed by atoms with Crippen LogP contribution in [-0.2, 0) is 11.3 Å². The molecule has 0 aromatic heterocycles. The molecule has 110 valence electrons. The van der Waals surface area contributed by atoms with Gasteiger partial charge in [-0.05, 0) is 42.3 Å². The molecule has 2 aromatic rings. The van der Waals surface area contributed by atoms with E-state index in [1.165, 1.54) is 0 Å². The minimum atomic E-state index is 0.0162. The van der Waals surface area contributed by atoms with Crippen LogP contribution < -0.4 is 10.6 Å². The SMILES string of the molecule is CCC(=O)Nc1ccc(C)c(NCc2ccc(Cl)cc2)c1. The lowest BCUT2D eigenvalue weighted by atomic mass is 10.1. The molecule has 0 aliphatic heterocycles. The number of anilines is 2. The third kappa shape index (κ3) is 4.50.